The van der Waals surface area contributed by atoms with Gasteiger partial charge in [0, 0.05) is 6.61 Å². The van der Waals surface area contributed by atoms with Gasteiger partial charge in [0.1, 0.15) is 11.4 Å². The highest BCUT2D eigenvalue weighted by molar-refractivity contribution is 5.62. The molecule has 0 radical (unpaired) electrons. The van der Waals surface area contributed by atoms with Crippen molar-refractivity contribution in [3.63, 3.8) is 0 Å². The monoisotopic (exact) mass is 288 g/mol. The summed E-state index contributed by atoms with van der Waals surface area (Å²) in [5.41, 5.74) is 1.12. The second kappa shape index (κ2) is 5.48. The molecular weight excluding hydrogens is 268 g/mol. The smallest absolute Gasteiger partial charge is 0.261 e. The van der Waals surface area contributed by atoms with E-state index in [1.807, 2.05) is 19.9 Å². The second-order valence-electron chi connectivity index (χ2n) is 5.58. The molecule has 0 spiro atoms. The van der Waals surface area contributed by atoms with Crippen LogP contribution in [-0.2, 0) is 10.3 Å². The van der Waals surface area contributed by atoms with Crippen molar-refractivity contribution in [2.75, 3.05) is 6.61 Å². The van der Waals surface area contributed by atoms with Gasteiger partial charge in [-0.2, -0.15) is 4.98 Å². The molecule has 2 aromatic rings. The van der Waals surface area contributed by atoms with E-state index in [0.29, 0.717) is 23.9 Å². The van der Waals surface area contributed by atoms with Gasteiger partial charge in [-0.3, -0.25) is 0 Å². The van der Waals surface area contributed by atoms with Crippen LogP contribution in [0.4, 0.5) is 0 Å². The van der Waals surface area contributed by atoms with Crippen LogP contribution < -0.4 is 0 Å². The average Bonchev–Trinajstić information content (AvgIpc) is 3.08. The molecule has 1 saturated carbocycles. The van der Waals surface area contributed by atoms with Gasteiger partial charge in [0.15, 0.2) is 0 Å². The molecule has 1 N–H and O–H groups in total. The molecule has 112 valence electrons. The molecule has 0 bridgehead atoms. The van der Waals surface area contributed by atoms with Crippen LogP contribution in [0.3, 0.4) is 0 Å². The number of rotatable bonds is 4. The van der Waals surface area contributed by atoms with E-state index in [-0.39, 0.29) is 5.75 Å². The molecule has 0 aliphatic heterocycles. The third-order valence-corrected chi connectivity index (χ3v) is 4.05. The maximum absolute atomic E-state index is 10.0. The molecule has 5 nitrogen and oxygen atoms in total. The minimum absolute atomic E-state index is 0.155. The van der Waals surface area contributed by atoms with Crippen molar-refractivity contribution in [2.45, 2.75) is 45.1 Å². The lowest BCUT2D eigenvalue weighted by atomic mass is 10.0. The molecule has 0 saturated heterocycles. The van der Waals surface area contributed by atoms with E-state index < -0.39 is 5.60 Å². The van der Waals surface area contributed by atoms with Gasteiger partial charge in [0.2, 0.25) is 5.82 Å². The first kappa shape index (κ1) is 14.1. The number of aromatic nitrogens is 2. The molecule has 1 aliphatic carbocycles. The van der Waals surface area contributed by atoms with Crippen molar-refractivity contribution in [3.05, 3.63) is 29.6 Å². The van der Waals surface area contributed by atoms with Gasteiger partial charge < -0.3 is 14.4 Å². The summed E-state index contributed by atoms with van der Waals surface area (Å²) in [5.74, 6) is 1.09. The van der Waals surface area contributed by atoms with Crippen molar-refractivity contribution in [3.8, 4) is 17.2 Å². The minimum Gasteiger partial charge on any atom is -0.507 e. The van der Waals surface area contributed by atoms with Crippen LogP contribution in [-0.4, -0.2) is 21.9 Å². The highest BCUT2D eigenvalue weighted by Crippen LogP contribution is 2.41. The summed E-state index contributed by atoms with van der Waals surface area (Å²) in [4.78, 5) is 4.48. The van der Waals surface area contributed by atoms with Gasteiger partial charge in [-0.15, -0.1) is 0 Å². The third kappa shape index (κ3) is 2.53. The van der Waals surface area contributed by atoms with Crippen molar-refractivity contribution in [1.29, 1.82) is 0 Å². The van der Waals surface area contributed by atoms with Crippen molar-refractivity contribution in [1.82, 2.24) is 10.1 Å². The van der Waals surface area contributed by atoms with E-state index in [4.69, 9.17) is 9.26 Å². The fourth-order valence-corrected chi connectivity index (χ4v) is 3.00. The van der Waals surface area contributed by atoms with Crippen molar-refractivity contribution < 1.29 is 14.4 Å². The van der Waals surface area contributed by atoms with Crippen LogP contribution in [0.25, 0.3) is 11.5 Å². The Hall–Kier alpha value is -1.88. The van der Waals surface area contributed by atoms with E-state index >= 15 is 0 Å². The van der Waals surface area contributed by atoms with Crippen LogP contribution in [0.15, 0.2) is 22.7 Å². The molecule has 0 amide bonds. The fourth-order valence-electron chi connectivity index (χ4n) is 3.00. The summed E-state index contributed by atoms with van der Waals surface area (Å²) in [6.07, 6.45) is 4.05. The number of aromatic hydroxyl groups is 1. The van der Waals surface area contributed by atoms with Gasteiger partial charge in [-0.25, -0.2) is 0 Å². The van der Waals surface area contributed by atoms with Gasteiger partial charge in [-0.05, 0) is 57.2 Å². The topological polar surface area (TPSA) is 68.4 Å². The number of benzene rings is 1. The number of hydrogen-bond acceptors (Lipinski definition) is 5. The Morgan fingerprint density at radius 1 is 1.33 bits per heavy atom. The maximum Gasteiger partial charge on any atom is 0.261 e. The van der Waals surface area contributed by atoms with Gasteiger partial charge in [-0.1, -0.05) is 11.2 Å². The standard InChI is InChI=1S/C16H20N2O3/c1-3-20-16(8-4-5-9-16)15-17-14(21-18-15)12-7-6-11(2)10-13(12)19/h6-7,10,19H,3-5,8-9H2,1-2H3. The van der Waals surface area contributed by atoms with Gasteiger partial charge in [0.05, 0.1) is 5.56 Å². The lowest BCUT2D eigenvalue weighted by Crippen LogP contribution is -2.27. The first-order chi connectivity index (χ1) is 10.1. The highest BCUT2D eigenvalue weighted by atomic mass is 16.5. The Labute approximate surface area is 123 Å². The predicted molar refractivity (Wildman–Crippen MR) is 77.9 cm³/mol. The molecule has 5 heteroatoms. The zero-order valence-corrected chi connectivity index (χ0v) is 12.4. The summed E-state index contributed by atoms with van der Waals surface area (Å²) in [6.45, 7) is 4.53. The van der Waals surface area contributed by atoms with E-state index in [0.717, 1.165) is 31.2 Å². The first-order valence-electron chi connectivity index (χ1n) is 7.43. The number of hydrogen-bond donors (Lipinski definition) is 1. The number of ether oxygens (including phenoxy) is 1. The van der Waals surface area contributed by atoms with E-state index in [2.05, 4.69) is 10.1 Å². The first-order valence-corrected chi connectivity index (χ1v) is 7.43. The Balaban J connectivity index is 1.95. The summed E-state index contributed by atoms with van der Waals surface area (Å²) in [6, 6.07) is 5.39. The van der Waals surface area contributed by atoms with Gasteiger partial charge >= 0.3 is 0 Å². The quantitative estimate of drug-likeness (QED) is 0.931. The van der Waals surface area contributed by atoms with Crippen molar-refractivity contribution in [2.24, 2.45) is 0 Å². The largest absolute Gasteiger partial charge is 0.507 e. The molecule has 0 unspecified atom stereocenters. The van der Waals surface area contributed by atoms with Gasteiger partial charge in [0.25, 0.3) is 5.89 Å². The molecule has 3 rings (SSSR count). The Morgan fingerprint density at radius 2 is 2.10 bits per heavy atom. The molecule has 1 fully saturated rings. The summed E-state index contributed by atoms with van der Waals surface area (Å²) >= 11 is 0. The number of aryl methyl sites for hydroxylation is 1. The molecule has 1 aromatic heterocycles. The molecule has 0 atom stereocenters. The lowest BCUT2D eigenvalue weighted by molar-refractivity contribution is -0.0469. The molecule has 1 heterocycles. The zero-order chi connectivity index (χ0) is 14.9. The second-order valence-corrected chi connectivity index (χ2v) is 5.58. The van der Waals surface area contributed by atoms with E-state index in [9.17, 15) is 5.11 Å². The fraction of sp³-hybridized carbons (Fsp3) is 0.500. The zero-order valence-electron chi connectivity index (χ0n) is 12.4. The van der Waals surface area contributed by atoms with Crippen LogP contribution in [0, 0.1) is 6.92 Å². The molecular formula is C16H20N2O3. The predicted octanol–water partition coefficient (Wildman–Crippen LogP) is 3.56. The summed E-state index contributed by atoms with van der Waals surface area (Å²) < 4.78 is 11.3. The number of phenols is 1. The Kier molecular flexibility index (Phi) is 3.68. The number of nitrogens with zero attached hydrogens (tertiary/aromatic N) is 2. The molecule has 21 heavy (non-hydrogen) atoms. The maximum atomic E-state index is 10.0. The minimum atomic E-state index is -0.420. The average molecular weight is 288 g/mol. The lowest BCUT2D eigenvalue weighted by Gasteiger charge is -2.24. The summed E-state index contributed by atoms with van der Waals surface area (Å²) in [5, 5.41) is 14.1. The summed E-state index contributed by atoms with van der Waals surface area (Å²) in [7, 11) is 0. The number of phenolic OH excluding ortho intramolecular Hbond substituents is 1. The van der Waals surface area contributed by atoms with Crippen LogP contribution >= 0.6 is 0 Å². The Bertz CT molecular complexity index is 630. The third-order valence-electron chi connectivity index (χ3n) is 4.05. The van der Waals surface area contributed by atoms with Crippen LogP contribution in [0.2, 0.25) is 0 Å². The van der Waals surface area contributed by atoms with E-state index in [1.54, 1.807) is 12.1 Å². The SMILES string of the molecule is CCOC1(c2noc(-c3ccc(C)cc3O)n2)CCCC1. The normalized spacial score (nSPS) is 17.2. The van der Waals surface area contributed by atoms with Crippen LogP contribution in [0.5, 0.6) is 5.75 Å². The van der Waals surface area contributed by atoms with Crippen LogP contribution in [0.1, 0.15) is 44.0 Å². The van der Waals surface area contributed by atoms with E-state index in [1.165, 1.54) is 0 Å². The highest BCUT2D eigenvalue weighted by Gasteiger charge is 2.41. The Morgan fingerprint density at radius 3 is 2.76 bits per heavy atom. The van der Waals surface area contributed by atoms with Crippen molar-refractivity contribution >= 4 is 0 Å². The molecule has 1 aliphatic rings. The molecule has 1 aromatic carbocycles.